The van der Waals surface area contributed by atoms with Crippen molar-refractivity contribution < 1.29 is 4.79 Å². The van der Waals surface area contributed by atoms with Crippen molar-refractivity contribution in [2.24, 2.45) is 11.8 Å². The monoisotopic (exact) mass is 124 g/mol. The van der Waals surface area contributed by atoms with Crippen LogP contribution in [0, 0.1) is 11.8 Å². The van der Waals surface area contributed by atoms with Gasteiger partial charge in [-0.15, -0.1) is 0 Å². The number of carbonyl (C=O) groups is 1. The van der Waals surface area contributed by atoms with Crippen LogP contribution in [-0.2, 0) is 4.79 Å². The molecule has 0 saturated heterocycles. The molecule has 2 fully saturated rings. The van der Waals surface area contributed by atoms with Crippen molar-refractivity contribution in [3.63, 3.8) is 0 Å². The van der Waals surface area contributed by atoms with Crippen LogP contribution in [0.2, 0.25) is 0 Å². The van der Waals surface area contributed by atoms with Crippen molar-refractivity contribution in [1.82, 2.24) is 0 Å². The summed E-state index contributed by atoms with van der Waals surface area (Å²) >= 11 is 0. The third kappa shape index (κ3) is 0.790. The molecule has 0 spiro atoms. The molecule has 2 aliphatic rings. The van der Waals surface area contributed by atoms with Crippen LogP contribution >= 0.6 is 0 Å². The first kappa shape index (κ1) is 5.45. The molecule has 2 rings (SSSR count). The van der Waals surface area contributed by atoms with Gasteiger partial charge in [0.1, 0.15) is 5.78 Å². The predicted molar refractivity (Wildman–Crippen MR) is 35.1 cm³/mol. The highest BCUT2D eigenvalue weighted by atomic mass is 16.1. The average Bonchev–Trinajstić information content (AvgIpc) is 2.25. The van der Waals surface area contributed by atoms with Gasteiger partial charge in [0.15, 0.2) is 0 Å². The minimum Gasteiger partial charge on any atom is -0.299 e. The first-order valence-corrected chi connectivity index (χ1v) is 3.89. The number of ketones is 1. The molecule has 9 heavy (non-hydrogen) atoms. The number of rotatable bonds is 0. The Morgan fingerprint density at radius 3 is 2.89 bits per heavy atom. The molecule has 1 nitrogen and oxygen atoms in total. The molecule has 0 N–H and O–H groups in total. The SMILES string of the molecule is O=C1CC[C@H]2CC[C@@H]1C2. The Labute approximate surface area is 55.4 Å². The highest BCUT2D eigenvalue weighted by molar-refractivity contribution is 5.82. The molecule has 2 saturated carbocycles. The molecule has 2 bridgehead atoms. The van der Waals surface area contributed by atoms with Crippen molar-refractivity contribution in [3.8, 4) is 0 Å². The van der Waals surface area contributed by atoms with Gasteiger partial charge < -0.3 is 0 Å². The summed E-state index contributed by atoms with van der Waals surface area (Å²) in [6, 6.07) is 0. The Bertz CT molecular complexity index is 140. The minimum absolute atomic E-state index is 0.490. The summed E-state index contributed by atoms with van der Waals surface area (Å²) in [6.45, 7) is 0. The summed E-state index contributed by atoms with van der Waals surface area (Å²) in [6.07, 6.45) is 5.82. The number of carbonyl (C=O) groups excluding carboxylic acids is 1. The first-order valence-electron chi connectivity index (χ1n) is 3.89. The molecule has 50 valence electrons. The highest BCUT2D eigenvalue weighted by Gasteiger charge is 2.33. The molecule has 0 aromatic carbocycles. The zero-order valence-corrected chi connectivity index (χ0v) is 5.60. The topological polar surface area (TPSA) is 17.1 Å². The van der Waals surface area contributed by atoms with Gasteiger partial charge in [-0.2, -0.15) is 0 Å². The lowest BCUT2D eigenvalue weighted by molar-refractivity contribution is -0.124. The van der Waals surface area contributed by atoms with Crippen LogP contribution in [0.5, 0.6) is 0 Å². The molecular weight excluding hydrogens is 112 g/mol. The molecular formula is C8H12O. The molecule has 0 unspecified atom stereocenters. The zero-order valence-electron chi connectivity index (χ0n) is 5.60. The van der Waals surface area contributed by atoms with Gasteiger partial charge in [-0.3, -0.25) is 4.79 Å². The summed E-state index contributed by atoms with van der Waals surface area (Å²) in [5.41, 5.74) is 0. The normalized spacial score (nSPS) is 41.6. The Kier molecular flexibility index (Phi) is 1.11. The second-order valence-corrected chi connectivity index (χ2v) is 3.38. The van der Waals surface area contributed by atoms with Gasteiger partial charge >= 0.3 is 0 Å². The van der Waals surface area contributed by atoms with Crippen LogP contribution < -0.4 is 0 Å². The lowest BCUT2D eigenvalue weighted by atomic mass is 9.88. The lowest BCUT2D eigenvalue weighted by Gasteiger charge is -2.15. The standard InChI is InChI=1S/C8H12O/c9-8-4-2-6-1-3-7(8)5-6/h6-7H,1-5H2/t6-,7-/m1/s1. The molecule has 2 aliphatic carbocycles. The van der Waals surface area contributed by atoms with E-state index in [1.165, 1.54) is 25.7 Å². The number of hydrogen-bond donors (Lipinski definition) is 0. The summed E-state index contributed by atoms with van der Waals surface area (Å²) in [5, 5.41) is 0. The van der Waals surface area contributed by atoms with Crippen LogP contribution in [0.25, 0.3) is 0 Å². The zero-order chi connectivity index (χ0) is 6.27. The summed E-state index contributed by atoms with van der Waals surface area (Å²) < 4.78 is 0. The smallest absolute Gasteiger partial charge is 0.135 e. The van der Waals surface area contributed by atoms with Crippen LogP contribution in [0.4, 0.5) is 0 Å². The van der Waals surface area contributed by atoms with Gasteiger partial charge in [0.2, 0.25) is 0 Å². The molecule has 0 heterocycles. The number of fused-ring (bicyclic) bond motifs is 2. The lowest BCUT2D eigenvalue weighted by Crippen LogP contribution is -2.16. The summed E-state index contributed by atoms with van der Waals surface area (Å²) in [5.74, 6) is 1.96. The second-order valence-electron chi connectivity index (χ2n) is 3.38. The third-order valence-electron chi connectivity index (χ3n) is 2.80. The fourth-order valence-electron chi connectivity index (χ4n) is 2.18. The van der Waals surface area contributed by atoms with Gasteiger partial charge in [-0.1, -0.05) is 0 Å². The van der Waals surface area contributed by atoms with Gasteiger partial charge in [0, 0.05) is 12.3 Å². The fraction of sp³-hybridized carbons (Fsp3) is 0.875. The van der Waals surface area contributed by atoms with Crippen molar-refractivity contribution in [2.45, 2.75) is 32.1 Å². The minimum atomic E-state index is 0.490. The molecule has 0 aliphatic heterocycles. The molecule has 0 aromatic heterocycles. The molecule has 0 radical (unpaired) electrons. The van der Waals surface area contributed by atoms with E-state index in [1.807, 2.05) is 0 Å². The number of hydrogen-bond acceptors (Lipinski definition) is 1. The van der Waals surface area contributed by atoms with Gasteiger partial charge in [0.25, 0.3) is 0 Å². The molecule has 1 heteroatoms. The van der Waals surface area contributed by atoms with Crippen molar-refractivity contribution in [3.05, 3.63) is 0 Å². The quantitative estimate of drug-likeness (QED) is 0.481. The average molecular weight is 124 g/mol. The molecule has 2 atom stereocenters. The summed E-state index contributed by atoms with van der Waals surface area (Å²) in [7, 11) is 0. The maximum atomic E-state index is 11.1. The van der Waals surface area contributed by atoms with Gasteiger partial charge in [-0.25, -0.2) is 0 Å². The van der Waals surface area contributed by atoms with Crippen LogP contribution in [0.15, 0.2) is 0 Å². The first-order chi connectivity index (χ1) is 4.36. The summed E-state index contributed by atoms with van der Waals surface area (Å²) in [4.78, 5) is 11.1. The highest BCUT2D eigenvalue weighted by Crippen LogP contribution is 2.39. The van der Waals surface area contributed by atoms with E-state index < -0.39 is 0 Å². The van der Waals surface area contributed by atoms with E-state index in [0.29, 0.717) is 11.7 Å². The fourth-order valence-corrected chi connectivity index (χ4v) is 2.18. The van der Waals surface area contributed by atoms with E-state index in [0.717, 1.165) is 12.3 Å². The van der Waals surface area contributed by atoms with E-state index in [-0.39, 0.29) is 0 Å². The van der Waals surface area contributed by atoms with Crippen molar-refractivity contribution in [2.75, 3.05) is 0 Å². The van der Waals surface area contributed by atoms with E-state index in [4.69, 9.17) is 0 Å². The van der Waals surface area contributed by atoms with E-state index >= 15 is 0 Å². The Hall–Kier alpha value is -0.330. The largest absolute Gasteiger partial charge is 0.299 e. The van der Waals surface area contributed by atoms with Crippen LogP contribution in [0.3, 0.4) is 0 Å². The van der Waals surface area contributed by atoms with Gasteiger partial charge in [0.05, 0.1) is 0 Å². The maximum Gasteiger partial charge on any atom is 0.135 e. The molecule has 0 aromatic rings. The van der Waals surface area contributed by atoms with Gasteiger partial charge in [-0.05, 0) is 31.6 Å². The van der Waals surface area contributed by atoms with E-state index in [1.54, 1.807) is 0 Å². The Morgan fingerprint density at radius 2 is 2.11 bits per heavy atom. The van der Waals surface area contributed by atoms with E-state index in [2.05, 4.69) is 0 Å². The Balaban J connectivity index is 2.14. The number of Topliss-reactive ketones (excluding diaryl/α,β-unsaturated/α-hetero) is 1. The van der Waals surface area contributed by atoms with Crippen molar-refractivity contribution in [1.29, 1.82) is 0 Å². The second kappa shape index (κ2) is 1.83. The van der Waals surface area contributed by atoms with Crippen molar-refractivity contribution >= 4 is 5.78 Å². The van der Waals surface area contributed by atoms with E-state index in [9.17, 15) is 4.79 Å². The molecule has 0 amide bonds. The predicted octanol–water partition coefficient (Wildman–Crippen LogP) is 1.77. The maximum absolute atomic E-state index is 11.1. The van der Waals surface area contributed by atoms with Crippen LogP contribution in [0.1, 0.15) is 32.1 Å². The third-order valence-corrected chi connectivity index (χ3v) is 2.80. The van der Waals surface area contributed by atoms with Crippen LogP contribution in [-0.4, -0.2) is 5.78 Å². The Morgan fingerprint density at radius 1 is 1.22 bits per heavy atom.